The van der Waals surface area contributed by atoms with Gasteiger partial charge in [0, 0.05) is 18.7 Å². The third kappa shape index (κ3) is 2.57. The van der Waals surface area contributed by atoms with Crippen molar-refractivity contribution in [1.29, 1.82) is 0 Å². The highest BCUT2D eigenvalue weighted by molar-refractivity contribution is 5.92. The summed E-state index contributed by atoms with van der Waals surface area (Å²) in [6.45, 7) is 2.93. The maximum Gasteiger partial charge on any atom is 0.272 e. The average Bonchev–Trinajstić information content (AvgIpc) is 2.38. The monoisotopic (exact) mass is 234 g/mol. The zero-order valence-corrected chi connectivity index (χ0v) is 10.3. The molecule has 0 radical (unpaired) electrons. The molecule has 0 saturated carbocycles. The Kier molecular flexibility index (Phi) is 3.61. The lowest BCUT2D eigenvalue weighted by molar-refractivity contribution is 0.0628. The third-order valence-electron chi connectivity index (χ3n) is 3.22. The van der Waals surface area contributed by atoms with Gasteiger partial charge in [-0.3, -0.25) is 4.79 Å². The molecule has 1 atom stereocenters. The largest absolute Gasteiger partial charge is 0.481 e. The molecular formula is C13H18N2O2. The van der Waals surface area contributed by atoms with E-state index in [1.54, 1.807) is 25.3 Å². The molecule has 0 aromatic carbocycles. The van der Waals surface area contributed by atoms with E-state index < -0.39 is 0 Å². The molecule has 0 aliphatic carbocycles. The first-order chi connectivity index (χ1) is 8.22. The summed E-state index contributed by atoms with van der Waals surface area (Å²) in [5, 5.41) is 0. The molecule has 1 amide bonds. The molecule has 17 heavy (non-hydrogen) atoms. The van der Waals surface area contributed by atoms with Crippen molar-refractivity contribution in [2.75, 3.05) is 13.7 Å². The Bertz CT molecular complexity index is 406. The second-order valence-electron chi connectivity index (χ2n) is 4.41. The van der Waals surface area contributed by atoms with Gasteiger partial charge >= 0.3 is 0 Å². The van der Waals surface area contributed by atoms with E-state index >= 15 is 0 Å². The van der Waals surface area contributed by atoms with E-state index in [1.807, 2.05) is 4.90 Å². The molecule has 1 aromatic heterocycles. The van der Waals surface area contributed by atoms with Crippen molar-refractivity contribution in [3.8, 4) is 5.88 Å². The van der Waals surface area contributed by atoms with Crippen LogP contribution in [0.2, 0.25) is 0 Å². The molecule has 0 bridgehead atoms. The Morgan fingerprint density at radius 2 is 2.29 bits per heavy atom. The normalized spacial score (nSPS) is 20.1. The van der Waals surface area contributed by atoms with Gasteiger partial charge in [-0.25, -0.2) is 4.98 Å². The molecule has 1 aliphatic rings. The van der Waals surface area contributed by atoms with Crippen molar-refractivity contribution >= 4 is 5.91 Å². The number of hydrogen-bond donors (Lipinski definition) is 0. The van der Waals surface area contributed by atoms with E-state index in [9.17, 15) is 4.79 Å². The molecule has 92 valence electrons. The Balaban J connectivity index is 2.17. The smallest absolute Gasteiger partial charge is 0.272 e. The summed E-state index contributed by atoms with van der Waals surface area (Å²) in [6, 6.07) is 5.60. The predicted octanol–water partition coefficient (Wildman–Crippen LogP) is 2.10. The van der Waals surface area contributed by atoms with Gasteiger partial charge in [0.2, 0.25) is 5.88 Å². The van der Waals surface area contributed by atoms with E-state index in [1.165, 1.54) is 6.42 Å². The van der Waals surface area contributed by atoms with Crippen LogP contribution >= 0.6 is 0 Å². The highest BCUT2D eigenvalue weighted by atomic mass is 16.5. The maximum atomic E-state index is 12.3. The Hall–Kier alpha value is -1.58. The zero-order chi connectivity index (χ0) is 12.3. The third-order valence-corrected chi connectivity index (χ3v) is 3.22. The van der Waals surface area contributed by atoms with Crippen LogP contribution in [0.15, 0.2) is 18.2 Å². The lowest BCUT2D eigenvalue weighted by Gasteiger charge is -2.33. The van der Waals surface area contributed by atoms with Crippen LogP contribution in [0, 0.1) is 0 Å². The minimum atomic E-state index is 0.0103. The molecule has 4 heteroatoms. The lowest BCUT2D eigenvalue weighted by Crippen LogP contribution is -2.42. The summed E-state index contributed by atoms with van der Waals surface area (Å²) < 4.78 is 5.04. The van der Waals surface area contributed by atoms with E-state index in [2.05, 4.69) is 11.9 Å². The number of pyridine rings is 1. The fourth-order valence-corrected chi connectivity index (χ4v) is 2.19. The fourth-order valence-electron chi connectivity index (χ4n) is 2.19. The van der Waals surface area contributed by atoms with E-state index in [0.717, 1.165) is 19.4 Å². The van der Waals surface area contributed by atoms with Crippen molar-refractivity contribution in [1.82, 2.24) is 9.88 Å². The second-order valence-corrected chi connectivity index (χ2v) is 4.41. The van der Waals surface area contributed by atoms with Gasteiger partial charge in [-0.2, -0.15) is 0 Å². The minimum absolute atomic E-state index is 0.0103. The van der Waals surface area contributed by atoms with Crippen molar-refractivity contribution in [3.63, 3.8) is 0 Å². The highest BCUT2D eigenvalue weighted by Crippen LogP contribution is 2.19. The average molecular weight is 234 g/mol. The van der Waals surface area contributed by atoms with Crippen LogP contribution in [0.1, 0.15) is 36.7 Å². The van der Waals surface area contributed by atoms with Crippen LogP contribution in [-0.2, 0) is 0 Å². The fraction of sp³-hybridized carbons (Fsp3) is 0.538. The van der Waals surface area contributed by atoms with Gasteiger partial charge in [0.1, 0.15) is 5.69 Å². The summed E-state index contributed by atoms with van der Waals surface area (Å²) in [5.41, 5.74) is 0.470. The standard InChI is InChI=1S/C13H18N2O2/c1-10-6-3-4-9-15(10)13(16)11-7-5-8-12(14-11)17-2/h5,7-8,10H,3-4,6,9H2,1-2H3. The van der Waals surface area contributed by atoms with E-state index in [4.69, 9.17) is 4.74 Å². The number of piperidine rings is 1. The van der Waals surface area contributed by atoms with Gasteiger partial charge in [-0.1, -0.05) is 6.07 Å². The summed E-state index contributed by atoms with van der Waals surface area (Å²) in [4.78, 5) is 18.4. The summed E-state index contributed by atoms with van der Waals surface area (Å²) in [6.07, 6.45) is 3.37. The highest BCUT2D eigenvalue weighted by Gasteiger charge is 2.25. The van der Waals surface area contributed by atoms with Crippen LogP contribution in [0.5, 0.6) is 5.88 Å². The molecule has 2 heterocycles. The van der Waals surface area contributed by atoms with Crippen LogP contribution in [-0.4, -0.2) is 35.5 Å². The van der Waals surface area contributed by atoms with Crippen molar-refractivity contribution in [2.24, 2.45) is 0 Å². The molecule has 1 aliphatic heterocycles. The molecule has 0 spiro atoms. The van der Waals surface area contributed by atoms with Crippen molar-refractivity contribution < 1.29 is 9.53 Å². The van der Waals surface area contributed by atoms with Crippen LogP contribution in [0.3, 0.4) is 0 Å². The number of methoxy groups -OCH3 is 1. The summed E-state index contributed by atoms with van der Waals surface area (Å²) >= 11 is 0. The summed E-state index contributed by atoms with van der Waals surface area (Å²) in [5.74, 6) is 0.497. The Morgan fingerprint density at radius 1 is 1.47 bits per heavy atom. The topological polar surface area (TPSA) is 42.4 Å². The number of rotatable bonds is 2. The van der Waals surface area contributed by atoms with E-state index in [0.29, 0.717) is 17.6 Å². The van der Waals surface area contributed by atoms with Crippen LogP contribution in [0.4, 0.5) is 0 Å². The molecule has 1 aromatic rings. The van der Waals surface area contributed by atoms with Gasteiger partial charge in [0.25, 0.3) is 5.91 Å². The summed E-state index contributed by atoms with van der Waals surface area (Å²) in [7, 11) is 1.56. The van der Waals surface area contributed by atoms with Crippen LogP contribution in [0.25, 0.3) is 0 Å². The zero-order valence-electron chi connectivity index (χ0n) is 10.3. The first-order valence-electron chi connectivity index (χ1n) is 6.04. The Morgan fingerprint density at radius 3 is 3.00 bits per heavy atom. The van der Waals surface area contributed by atoms with Gasteiger partial charge in [-0.05, 0) is 32.3 Å². The second kappa shape index (κ2) is 5.17. The molecule has 2 rings (SSSR count). The number of hydrogen-bond acceptors (Lipinski definition) is 3. The molecule has 1 saturated heterocycles. The number of ether oxygens (including phenoxy) is 1. The quantitative estimate of drug-likeness (QED) is 0.787. The SMILES string of the molecule is COc1cccc(C(=O)N2CCCCC2C)n1. The first-order valence-corrected chi connectivity index (χ1v) is 6.04. The maximum absolute atomic E-state index is 12.3. The predicted molar refractivity (Wildman–Crippen MR) is 65.1 cm³/mol. The molecule has 1 unspecified atom stereocenters. The minimum Gasteiger partial charge on any atom is -0.481 e. The lowest BCUT2D eigenvalue weighted by atomic mass is 10.0. The Labute approximate surface area is 102 Å². The molecule has 4 nitrogen and oxygen atoms in total. The number of amides is 1. The molecule has 0 N–H and O–H groups in total. The number of likely N-dealkylation sites (tertiary alicyclic amines) is 1. The van der Waals surface area contributed by atoms with Crippen molar-refractivity contribution in [2.45, 2.75) is 32.2 Å². The molecular weight excluding hydrogens is 216 g/mol. The number of carbonyl (C=O) groups is 1. The van der Waals surface area contributed by atoms with Gasteiger partial charge < -0.3 is 9.64 Å². The van der Waals surface area contributed by atoms with Crippen LogP contribution < -0.4 is 4.74 Å². The molecule has 1 fully saturated rings. The number of nitrogens with zero attached hydrogens (tertiary/aromatic N) is 2. The number of aromatic nitrogens is 1. The van der Waals surface area contributed by atoms with Crippen molar-refractivity contribution in [3.05, 3.63) is 23.9 Å². The van der Waals surface area contributed by atoms with Gasteiger partial charge in [0.05, 0.1) is 7.11 Å². The number of carbonyl (C=O) groups excluding carboxylic acids is 1. The van der Waals surface area contributed by atoms with Gasteiger partial charge in [-0.15, -0.1) is 0 Å². The van der Waals surface area contributed by atoms with Gasteiger partial charge in [0.15, 0.2) is 0 Å². The first kappa shape index (κ1) is 11.9. The van der Waals surface area contributed by atoms with E-state index in [-0.39, 0.29) is 5.91 Å².